The number of piperidine rings is 1. The third kappa shape index (κ3) is 4.31. The van der Waals surface area contributed by atoms with Crippen LogP contribution in [0.4, 0.5) is 0 Å². The van der Waals surface area contributed by atoms with E-state index in [2.05, 4.69) is 25.3 Å². The molecule has 0 saturated carbocycles. The number of aromatic nitrogens is 4. The molecular formula is C23H28N6O3. The molecule has 1 unspecified atom stereocenters. The number of likely N-dealkylation sites (tertiary alicyclic amines) is 1. The highest BCUT2D eigenvalue weighted by atomic mass is 16.5. The Labute approximate surface area is 185 Å². The SMILES string of the molecule is O=C(NCC1CCCCN1CCn1nc2c(cc1=O)COCC2)c1c[nH]c2ncccc12. The van der Waals surface area contributed by atoms with E-state index in [-0.39, 0.29) is 17.5 Å². The molecule has 32 heavy (non-hydrogen) atoms. The molecule has 0 aliphatic carbocycles. The summed E-state index contributed by atoms with van der Waals surface area (Å²) in [6.45, 7) is 3.95. The molecule has 2 aliphatic rings. The molecule has 168 valence electrons. The summed E-state index contributed by atoms with van der Waals surface area (Å²) in [5, 5.41) is 8.51. The van der Waals surface area contributed by atoms with Gasteiger partial charge in [0.2, 0.25) is 0 Å². The van der Waals surface area contributed by atoms with Crippen molar-refractivity contribution in [2.45, 2.75) is 44.9 Å². The van der Waals surface area contributed by atoms with Crippen LogP contribution in [0.25, 0.3) is 11.0 Å². The molecule has 3 aromatic rings. The van der Waals surface area contributed by atoms with Gasteiger partial charge in [-0.3, -0.25) is 14.5 Å². The molecule has 2 N–H and O–H groups in total. The van der Waals surface area contributed by atoms with Crippen molar-refractivity contribution in [2.75, 3.05) is 26.2 Å². The summed E-state index contributed by atoms with van der Waals surface area (Å²) in [6, 6.07) is 5.64. The minimum Gasteiger partial charge on any atom is -0.376 e. The van der Waals surface area contributed by atoms with Crippen molar-refractivity contribution in [1.29, 1.82) is 0 Å². The number of rotatable bonds is 6. The van der Waals surface area contributed by atoms with E-state index in [1.54, 1.807) is 23.1 Å². The van der Waals surface area contributed by atoms with Crippen LogP contribution >= 0.6 is 0 Å². The average Bonchev–Trinajstić information content (AvgIpc) is 3.26. The fourth-order valence-electron chi connectivity index (χ4n) is 4.67. The molecule has 2 aliphatic heterocycles. The average molecular weight is 437 g/mol. The zero-order valence-corrected chi connectivity index (χ0v) is 18.0. The molecule has 1 saturated heterocycles. The molecule has 9 heteroatoms. The lowest BCUT2D eigenvalue weighted by Gasteiger charge is -2.35. The third-order valence-electron chi connectivity index (χ3n) is 6.45. The van der Waals surface area contributed by atoms with Crippen LogP contribution in [-0.4, -0.2) is 62.8 Å². The monoisotopic (exact) mass is 436 g/mol. The summed E-state index contributed by atoms with van der Waals surface area (Å²) in [5.74, 6) is -0.0930. The Morgan fingerprint density at radius 1 is 1.31 bits per heavy atom. The van der Waals surface area contributed by atoms with Crippen molar-refractivity contribution >= 4 is 16.9 Å². The molecule has 5 heterocycles. The Kier molecular flexibility index (Phi) is 6.00. The number of hydrogen-bond acceptors (Lipinski definition) is 6. The van der Waals surface area contributed by atoms with Crippen molar-refractivity contribution in [3.05, 3.63) is 57.8 Å². The largest absolute Gasteiger partial charge is 0.376 e. The molecule has 0 aromatic carbocycles. The van der Waals surface area contributed by atoms with Gasteiger partial charge in [0.05, 0.1) is 31.0 Å². The highest BCUT2D eigenvalue weighted by molar-refractivity contribution is 6.05. The fraction of sp³-hybridized carbons (Fsp3) is 0.478. The lowest BCUT2D eigenvalue weighted by Crippen LogP contribution is -2.48. The quantitative estimate of drug-likeness (QED) is 0.606. The van der Waals surface area contributed by atoms with Crippen molar-refractivity contribution < 1.29 is 9.53 Å². The van der Waals surface area contributed by atoms with Crippen LogP contribution in [0.5, 0.6) is 0 Å². The molecule has 1 amide bonds. The fourth-order valence-corrected chi connectivity index (χ4v) is 4.67. The Morgan fingerprint density at radius 3 is 3.19 bits per heavy atom. The number of amides is 1. The lowest BCUT2D eigenvalue weighted by atomic mass is 10.0. The summed E-state index contributed by atoms with van der Waals surface area (Å²) in [5.41, 5.74) is 3.12. The van der Waals surface area contributed by atoms with Gasteiger partial charge in [-0.1, -0.05) is 6.42 Å². The zero-order valence-electron chi connectivity index (χ0n) is 18.0. The number of carbonyl (C=O) groups is 1. The van der Waals surface area contributed by atoms with Crippen LogP contribution in [0.1, 0.15) is 40.9 Å². The molecule has 1 fully saturated rings. The number of hydrogen-bond donors (Lipinski definition) is 2. The standard InChI is InChI=1S/C23H28N6O3/c30-21-12-16-15-32-11-6-20(16)27-29(21)10-9-28-8-2-1-4-17(28)13-26-23(31)19-14-25-22-18(19)5-3-7-24-22/h3,5,7,12,14,17H,1-2,4,6,8-11,13,15H2,(H,24,25)(H,26,31). The van der Waals surface area contributed by atoms with E-state index in [1.165, 1.54) is 0 Å². The number of fused-ring (bicyclic) bond motifs is 2. The Bertz CT molecular complexity index is 1170. The molecule has 3 aromatic heterocycles. The molecule has 1 atom stereocenters. The van der Waals surface area contributed by atoms with E-state index < -0.39 is 0 Å². The van der Waals surface area contributed by atoms with E-state index in [9.17, 15) is 9.59 Å². The summed E-state index contributed by atoms with van der Waals surface area (Å²) in [7, 11) is 0. The number of nitrogens with one attached hydrogen (secondary N) is 2. The van der Waals surface area contributed by atoms with E-state index in [0.717, 1.165) is 55.4 Å². The van der Waals surface area contributed by atoms with E-state index >= 15 is 0 Å². The van der Waals surface area contributed by atoms with Crippen LogP contribution in [0.15, 0.2) is 35.4 Å². The molecule has 0 bridgehead atoms. The number of ether oxygens (including phenoxy) is 1. The van der Waals surface area contributed by atoms with Gasteiger partial charge >= 0.3 is 0 Å². The van der Waals surface area contributed by atoms with Crippen molar-refractivity contribution in [3.63, 3.8) is 0 Å². The maximum atomic E-state index is 12.8. The Balaban J connectivity index is 1.22. The number of nitrogens with zero attached hydrogens (tertiary/aromatic N) is 4. The van der Waals surface area contributed by atoms with Crippen LogP contribution in [-0.2, 0) is 24.3 Å². The minimum absolute atomic E-state index is 0.0796. The van der Waals surface area contributed by atoms with Gasteiger partial charge in [-0.25, -0.2) is 9.67 Å². The minimum atomic E-state index is -0.0930. The first kappa shape index (κ1) is 20.8. The second-order valence-corrected chi connectivity index (χ2v) is 8.48. The highest BCUT2D eigenvalue weighted by Crippen LogP contribution is 2.18. The van der Waals surface area contributed by atoms with Gasteiger partial charge in [0, 0.05) is 55.0 Å². The van der Waals surface area contributed by atoms with Crippen LogP contribution in [0, 0.1) is 0 Å². The Hall–Kier alpha value is -3.04. The van der Waals surface area contributed by atoms with Gasteiger partial charge in [0.15, 0.2) is 0 Å². The Morgan fingerprint density at radius 2 is 2.25 bits per heavy atom. The van der Waals surface area contributed by atoms with E-state index in [0.29, 0.717) is 37.5 Å². The topological polar surface area (TPSA) is 105 Å². The van der Waals surface area contributed by atoms with E-state index in [1.807, 2.05) is 12.1 Å². The predicted molar refractivity (Wildman–Crippen MR) is 119 cm³/mol. The zero-order chi connectivity index (χ0) is 21.9. The smallest absolute Gasteiger partial charge is 0.267 e. The summed E-state index contributed by atoms with van der Waals surface area (Å²) in [6.07, 6.45) is 7.46. The summed E-state index contributed by atoms with van der Waals surface area (Å²) in [4.78, 5) is 34.9. The molecule has 0 radical (unpaired) electrons. The first-order valence-corrected chi connectivity index (χ1v) is 11.3. The lowest BCUT2D eigenvalue weighted by molar-refractivity contribution is 0.0909. The first-order valence-electron chi connectivity index (χ1n) is 11.3. The third-order valence-corrected chi connectivity index (χ3v) is 6.45. The molecular weight excluding hydrogens is 408 g/mol. The van der Waals surface area contributed by atoms with E-state index in [4.69, 9.17) is 4.74 Å². The number of carbonyl (C=O) groups excluding carboxylic acids is 1. The normalized spacial score (nSPS) is 19.1. The number of pyridine rings is 1. The van der Waals surface area contributed by atoms with Crippen LogP contribution in [0.3, 0.4) is 0 Å². The van der Waals surface area contributed by atoms with Crippen molar-refractivity contribution in [2.24, 2.45) is 0 Å². The van der Waals surface area contributed by atoms with Gasteiger partial charge in [-0.15, -0.1) is 0 Å². The van der Waals surface area contributed by atoms with Gasteiger partial charge < -0.3 is 15.0 Å². The predicted octanol–water partition coefficient (Wildman–Crippen LogP) is 1.48. The van der Waals surface area contributed by atoms with Crippen LogP contribution in [0.2, 0.25) is 0 Å². The van der Waals surface area contributed by atoms with Crippen molar-refractivity contribution in [1.82, 2.24) is 30.0 Å². The molecule has 0 spiro atoms. The molecule has 5 rings (SSSR count). The number of aromatic amines is 1. The number of H-pyrrole nitrogens is 1. The van der Waals surface area contributed by atoms with Crippen LogP contribution < -0.4 is 10.9 Å². The maximum absolute atomic E-state index is 12.8. The summed E-state index contributed by atoms with van der Waals surface area (Å²) < 4.78 is 7.00. The van der Waals surface area contributed by atoms with Gasteiger partial charge in [0.1, 0.15) is 5.65 Å². The second kappa shape index (κ2) is 9.22. The molecule has 9 nitrogen and oxygen atoms in total. The highest BCUT2D eigenvalue weighted by Gasteiger charge is 2.24. The van der Waals surface area contributed by atoms with Gasteiger partial charge in [-0.05, 0) is 31.5 Å². The maximum Gasteiger partial charge on any atom is 0.267 e. The second-order valence-electron chi connectivity index (χ2n) is 8.48. The van der Waals surface area contributed by atoms with Gasteiger partial charge in [-0.2, -0.15) is 5.10 Å². The van der Waals surface area contributed by atoms with Gasteiger partial charge in [0.25, 0.3) is 11.5 Å². The van der Waals surface area contributed by atoms with Crippen molar-refractivity contribution in [3.8, 4) is 0 Å². The summed E-state index contributed by atoms with van der Waals surface area (Å²) >= 11 is 0. The first-order chi connectivity index (χ1) is 15.7.